The van der Waals surface area contributed by atoms with Crippen molar-refractivity contribution in [3.8, 4) is 0 Å². The molecule has 0 spiro atoms. The quantitative estimate of drug-likeness (QED) is 0.464. The fourth-order valence-electron chi connectivity index (χ4n) is 0.354. The van der Waals surface area contributed by atoms with E-state index in [1.807, 2.05) is 0 Å². The van der Waals surface area contributed by atoms with Gasteiger partial charge in [0.15, 0.2) is 0 Å². The fourth-order valence-corrected chi connectivity index (χ4v) is 0.354. The van der Waals surface area contributed by atoms with Crippen LogP contribution in [-0.2, 0) is 0 Å². The molecule has 7 heavy (non-hydrogen) atoms. The number of hydrogen-bond acceptors (Lipinski definition) is 0. The highest BCUT2D eigenvalue weighted by molar-refractivity contribution is 5.11. The van der Waals surface area contributed by atoms with Crippen LogP contribution in [0.25, 0.3) is 0 Å². The lowest BCUT2D eigenvalue weighted by Crippen LogP contribution is -1.62. The van der Waals surface area contributed by atoms with E-state index in [9.17, 15) is 0 Å². The third-order valence-electron chi connectivity index (χ3n) is 0.649. The molecule has 36 valence electrons. The lowest BCUT2D eigenvalue weighted by molar-refractivity contribution is 1.48. The first kappa shape index (κ1) is 1.35. The van der Waals surface area contributed by atoms with Gasteiger partial charge < -0.3 is 0 Å². The Bertz CT molecular complexity index is 288. The van der Waals surface area contributed by atoms with Gasteiger partial charge >= 0.3 is 0 Å². The van der Waals surface area contributed by atoms with Crippen LogP contribution in [0, 0.1) is 6.85 Å². The number of rotatable bonds is 0. The molecule has 0 radical (unpaired) electrons. The van der Waals surface area contributed by atoms with E-state index in [0.717, 1.165) is 0 Å². The minimum absolute atomic E-state index is 0.0522. The Labute approximate surface area is 50.8 Å². The molecular formula is C7H8. The summed E-state index contributed by atoms with van der Waals surface area (Å²) in [6, 6.07) is 3.97. The van der Waals surface area contributed by atoms with Crippen molar-refractivity contribution in [2.24, 2.45) is 0 Å². The first-order valence-corrected chi connectivity index (χ1v) is 1.99. The molecule has 0 heteroatoms. The third-order valence-corrected chi connectivity index (χ3v) is 0.649. The largest absolute Gasteiger partial charge is 0.0625 e. The summed E-state index contributed by atoms with van der Waals surface area (Å²) in [5, 5.41) is 0. The molecule has 0 amide bonds. The van der Waals surface area contributed by atoms with Crippen molar-refractivity contribution in [2.75, 3.05) is 0 Å². The van der Waals surface area contributed by atoms with Crippen LogP contribution < -0.4 is 0 Å². The van der Waals surface area contributed by atoms with E-state index in [0.29, 0.717) is 0 Å². The van der Waals surface area contributed by atoms with Crippen molar-refractivity contribution in [1.29, 1.82) is 0 Å². The Morgan fingerprint density at radius 1 is 1.71 bits per heavy atom. The average molecular weight is 97.2 g/mol. The second-order valence-electron chi connectivity index (χ2n) is 1.21. The van der Waals surface area contributed by atoms with Crippen LogP contribution in [0.15, 0.2) is 30.3 Å². The molecule has 0 fully saturated rings. The van der Waals surface area contributed by atoms with Gasteiger partial charge in [-0.05, 0) is 6.85 Å². The van der Waals surface area contributed by atoms with Gasteiger partial charge in [-0.15, -0.1) is 0 Å². The lowest BCUT2D eigenvalue weighted by atomic mass is 10.2. The summed E-state index contributed by atoms with van der Waals surface area (Å²) >= 11 is 0. The molecule has 1 rings (SSSR count). The van der Waals surface area contributed by atoms with Crippen molar-refractivity contribution in [3.63, 3.8) is 0 Å². The van der Waals surface area contributed by atoms with Gasteiger partial charge in [-0.25, -0.2) is 0 Å². The maximum atomic E-state index is 7.30. The first-order chi connectivity index (χ1) is 5.43. The molecule has 0 atom stereocenters. The molecule has 0 aliphatic heterocycles. The lowest BCUT2D eigenvalue weighted by Gasteiger charge is -1.82. The molecule has 0 nitrogen and oxygen atoms in total. The maximum absolute atomic E-state index is 7.30. The van der Waals surface area contributed by atoms with Crippen molar-refractivity contribution >= 4 is 0 Å². The van der Waals surface area contributed by atoms with E-state index < -0.39 is 6.85 Å². The number of aryl methyl sites for hydroxylation is 1. The summed E-state index contributed by atoms with van der Waals surface area (Å²) in [5.74, 6) is 0. The molecule has 0 aliphatic rings. The predicted octanol–water partition coefficient (Wildman–Crippen LogP) is 2.00. The third kappa shape index (κ3) is 1.04. The summed E-state index contributed by atoms with van der Waals surface area (Å²) in [6.07, 6.45) is 0. The molecule has 0 saturated carbocycles. The van der Waals surface area contributed by atoms with Crippen molar-refractivity contribution < 1.29 is 6.85 Å². The van der Waals surface area contributed by atoms with E-state index in [2.05, 4.69) is 0 Å². The highest BCUT2D eigenvalue weighted by Gasteiger charge is 1.72. The molecular weight excluding hydrogens is 84.1 g/mol. The average Bonchev–Trinajstić information content (AvgIpc) is 1.92. The van der Waals surface area contributed by atoms with Crippen LogP contribution in [0.3, 0.4) is 0 Å². The Morgan fingerprint density at radius 2 is 2.71 bits per heavy atom. The van der Waals surface area contributed by atoms with Crippen LogP contribution in [0.5, 0.6) is 0 Å². The predicted molar refractivity (Wildman–Crippen MR) is 31.2 cm³/mol. The van der Waals surface area contributed by atoms with Gasteiger partial charge in [0, 0.05) is 4.11 Å². The van der Waals surface area contributed by atoms with Crippen molar-refractivity contribution in [1.82, 2.24) is 0 Å². The zero-order chi connectivity index (χ0) is 9.35. The normalized spacial score (nSPS) is 20.9. The Kier molecular flexibility index (Phi) is 0.343. The van der Waals surface area contributed by atoms with Gasteiger partial charge in [-0.1, -0.05) is 35.8 Å². The molecule has 1 aromatic carbocycles. The van der Waals surface area contributed by atoms with E-state index in [-0.39, 0.29) is 17.6 Å². The molecule has 0 aliphatic carbocycles. The Balaban J connectivity index is 3.26. The summed E-state index contributed by atoms with van der Waals surface area (Å²) in [6.45, 7) is -2.28. The summed E-state index contributed by atoms with van der Waals surface area (Å²) < 4.78 is 35.6. The Morgan fingerprint density at radius 3 is 3.43 bits per heavy atom. The van der Waals surface area contributed by atoms with E-state index in [4.69, 9.17) is 6.85 Å². The Hall–Kier alpha value is -0.780. The van der Waals surface area contributed by atoms with Gasteiger partial charge in [-0.2, -0.15) is 0 Å². The van der Waals surface area contributed by atoms with Crippen LogP contribution in [0.1, 0.15) is 12.4 Å². The molecule has 0 aromatic heterocycles. The standard InChI is InChI=1S/C7H8/c1-7-5-3-2-4-6-7/h2-6H,1H3/i1D3,3D,5D. The minimum atomic E-state index is -2.28. The topological polar surface area (TPSA) is 0 Å². The SMILES string of the molecule is [2H]c1cccc(C([2H])([2H])[2H])c1[2H]. The zero-order valence-corrected chi connectivity index (χ0v) is 3.73. The molecule has 1 aromatic rings. The smallest absolute Gasteiger partial charge is 0.0622 e. The molecule has 0 heterocycles. The van der Waals surface area contributed by atoms with Gasteiger partial charge in [0.05, 0.1) is 2.74 Å². The molecule has 0 N–H and O–H groups in total. The second-order valence-corrected chi connectivity index (χ2v) is 1.21. The van der Waals surface area contributed by atoms with Crippen LogP contribution in [0.2, 0.25) is 0 Å². The van der Waals surface area contributed by atoms with Crippen molar-refractivity contribution in [2.45, 2.75) is 6.85 Å². The van der Waals surface area contributed by atoms with Gasteiger partial charge in [0.1, 0.15) is 0 Å². The minimum Gasteiger partial charge on any atom is -0.0622 e. The van der Waals surface area contributed by atoms with Crippen molar-refractivity contribution in [3.05, 3.63) is 35.8 Å². The number of hydrogen-bond donors (Lipinski definition) is 0. The first-order valence-electron chi connectivity index (χ1n) is 4.49. The van der Waals surface area contributed by atoms with Gasteiger partial charge in [0.2, 0.25) is 0 Å². The van der Waals surface area contributed by atoms with E-state index in [1.165, 1.54) is 18.2 Å². The van der Waals surface area contributed by atoms with Crippen LogP contribution in [0.4, 0.5) is 0 Å². The molecule has 0 bridgehead atoms. The highest BCUT2D eigenvalue weighted by Crippen LogP contribution is 1.92. The van der Waals surface area contributed by atoms with Crippen LogP contribution >= 0.6 is 0 Å². The summed E-state index contributed by atoms with van der Waals surface area (Å²) in [4.78, 5) is 0. The highest BCUT2D eigenvalue weighted by atomic mass is 13.8. The van der Waals surface area contributed by atoms with Gasteiger partial charge in [-0.3, -0.25) is 0 Å². The second kappa shape index (κ2) is 1.78. The zero-order valence-electron chi connectivity index (χ0n) is 8.73. The van der Waals surface area contributed by atoms with Crippen LogP contribution in [-0.4, -0.2) is 0 Å². The number of benzene rings is 1. The summed E-state index contributed by atoms with van der Waals surface area (Å²) in [5.41, 5.74) is -0.0602. The van der Waals surface area contributed by atoms with E-state index >= 15 is 0 Å². The molecule has 0 saturated heterocycles. The fraction of sp³-hybridized carbons (Fsp3) is 0.143. The maximum Gasteiger partial charge on any atom is 0.0625 e. The van der Waals surface area contributed by atoms with Gasteiger partial charge in [0.25, 0.3) is 0 Å². The monoisotopic (exact) mass is 97.1 g/mol. The van der Waals surface area contributed by atoms with E-state index in [1.54, 1.807) is 0 Å². The molecule has 0 unspecified atom stereocenters. The summed E-state index contributed by atoms with van der Waals surface area (Å²) in [7, 11) is 0.